The van der Waals surface area contributed by atoms with Crippen LogP contribution in [0.3, 0.4) is 0 Å². The van der Waals surface area contributed by atoms with Crippen LogP contribution >= 0.6 is 11.8 Å². The lowest BCUT2D eigenvalue weighted by molar-refractivity contribution is -0.383. The summed E-state index contributed by atoms with van der Waals surface area (Å²) < 4.78 is 1.62. The average molecular weight is 398 g/mol. The number of nitro groups is 1. The van der Waals surface area contributed by atoms with Crippen LogP contribution in [0.25, 0.3) is 5.69 Å². The van der Waals surface area contributed by atoms with Gasteiger partial charge in [0.15, 0.2) is 0 Å². The number of rotatable bonds is 7. The fourth-order valence-corrected chi connectivity index (χ4v) is 3.30. The zero-order valence-corrected chi connectivity index (χ0v) is 16.1. The third-order valence-corrected chi connectivity index (χ3v) is 5.03. The Labute approximate surface area is 165 Å². The molecule has 9 nitrogen and oxygen atoms in total. The lowest BCUT2D eigenvalue weighted by Gasteiger charge is -2.07. The van der Waals surface area contributed by atoms with E-state index in [1.54, 1.807) is 16.8 Å². The molecule has 0 unspecified atom stereocenters. The molecule has 28 heavy (non-hydrogen) atoms. The molecule has 2 aromatic carbocycles. The Bertz CT molecular complexity index is 1020. The van der Waals surface area contributed by atoms with Crippen molar-refractivity contribution in [3.05, 3.63) is 63.7 Å². The summed E-state index contributed by atoms with van der Waals surface area (Å²) in [4.78, 5) is 22.6. The van der Waals surface area contributed by atoms with Crippen molar-refractivity contribution in [2.45, 2.75) is 25.4 Å². The van der Waals surface area contributed by atoms with Gasteiger partial charge in [0.25, 0.3) is 5.69 Å². The van der Waals surface area contributed by atoms with Crippen LogP contribution in [-0.4, -0.2) is 36.8 Å². The number of nitro benzene ring substituents is 1. The summed E-state index contributed by atoms with van der Waals surface area (Å²) in [5.41, 5.74) is 3.20. The zero-order chi connectivity index (χ0) is 20.1. The molecule has 0 spiro atoms. The van der Waals surface area contributed by atoms with Gasteiger partial charge < -0.3 is 5.32 Å². The second kappa shape index (κ2) is 8.61. The third-order valence-electron chi connectivity index (χ3n) is 4.11. The Kier molecular flexibility index (Phi) is 5.99. The van der Waals surface area contributed by atoms with Crippen LogP contribution in [0, 0.1) is 24.0 Å². The van der Waals surface area contributed by atoms with E-state index in [0.717, 1.165) is 11.3 Å². The van der Waals surface area contributed by atoms with E-state index in [0.29, 0.717) is 10.9 Å². The topological polar surface area (TPSA) is 116 Å². The summed E-state index contributed by atoms with van der Waals surface area (Å²) in [5.74, 6) is 0.115. The van der Waals surface area contributed by atoms with E-state index in [9.17, 15) is 14.9 Å². The van der Waals surface area contributed by atoms with Crippen LogP contribution in [0.1, 0.15) is 17.5 Å². The number of hydrogen-bond donors (Lipinski definition) is 1. The minimum atomic E-state index is -0.526. The van der Waals surface area contributed by atoms with Crippen molar-refractivity contribution in [1.29, 1.82) is 0 Å². The van der Waals surface area contributed by atoms with Crippen molar-refractivity contribution < 1.29 is 9.72 Å². The second-order valence-corrected chi connectivity index (χ2v) is 7.12. The first kappa shape index (κ1) is 19.5. The van der Waals surface area contributed by atoms with Gasteiger partial charge in [-0.1, -0.05) is 30.0 Å². The molecule has 3 rings (SSSR count). The van der Waals surface area contributed by atoms with E-state index in [1.807, 2.05) is 32.0 Å². The Morgan fingerprint density at radius 1 is 1.21 bits per heavy atom. The van der Waals surface area contributed by atoms with E-state index in [4.69, 9.17) is 0 Å². The van der Waals surface area contributed by atoms with Gasteiger partial charge in [-0.25, -0.2) is 0 Å². The van der Waals surface area contributed by atoms with E-state index >= 15 is 0 Å². The number of hydrogen-bond acceptors (Lipinski definition) is 7. The Morgan fingerprint density at radius 3 is 2.75 bits per heavy atom. The van der Waals surface area contributed by atoms with Gasteiger partial charge in [0.05, 0.1) is 10.6 Å². The van der Waals surface area contributed by atoms with Crippen LogP contribution in [-0.2, 0) is 4.79 Å². The molecule has 0 fully saturated rings. The fraction of sp³-hybridized carbons (Fsp3) is 0.222. The van der Waals surface area contributed by atoms with Crippen LogP contribution in [0.4, 0.5) is 11.4 Å². The summed E-state index contributed by atoms with van der Waals surface area (Å²) in [7, 11) is 0. The number of anilines is 1. The van der Waals surface area contributed by atoms with Gasteiger partial charge in [-0.3, -0.25) is 14.9 Å². The minimum Gasteiger partial charge on any atom is -0.320 e. The molecular weight excluding hydrogens is 380 g/mol. The quantitative estimate of drug-likeness (QED) is 0.369. The predicted molar refractivity (Wildman–Crippen MR) is 106 cm³/mol. The molecule has 1 heterocycles. The van der Waals surface area contributed by atoms with Crippen LogP contribution in [0.5, 0.6) is 0 Å². The molecule has 3 aromatic rings. The molecule has 0 atom stereocenters. The molecule has 1 aromatic heterocycles. The SMILES string of the molecule is Cc1ccc(-n2nnnc2SCCC(=O)Nc2ccccc2[N+](=O)[O-])cc1C. The highest BCUT2D eigenvalue weighted by atomic mass is 32.2. The van der Waals surface area contributed by atoms with Gasteiger partial charge in [0.2, 0.25) is 11.1 Å². The summed E-state index contributed by atoms with van der Waals surface area (Å²) >= 11 is 1.34. The number of carbonyl (C=O) groups is 1. The van der Waals surface area contributed by atoms with Crippen molar-refractivity contribution in [3.63, 3.8) is 0 Å². The van der Waals surface area contributed by atoms with Crippen molar-refractivity contribution in [2.24, 2.45) is 0 Å². The number of aryl methyl sites for hydroxylation is 2. The van der Waals surface area contributed by atoms with Gasteiger partial charge in [0, 0.05) is 18.2 Å². The number of nitrogens with one attached hydrogen (secondary N) is 1. The number of thioether (sulfide) groups is 1. The maximum atomic E-state index is 12.1. The van der Waals surface area contributed by atoms with Crippen LogP contribution < -0.4 is 5.32 Å². The summed E-state index contributed by atoms with van der Waals surface area (Å²) in [5, 5.41) is 25.9. The minimum absolute atomic E-state index is 0.137. The molecule has 0 radical (unpaired) electrons. The average Bonchev–Trinajstić information content (AvgIpc) is 3.13. The Balaban J connectivity index is 1.60. The molecule has 0 saturated carbocycles. The molecule has 0 aliphatic rings. The maximum absolute atomic E-state index is 12.1. The van der Waals surface area contributed by atoms with Crippen LogP contribution in [0.2, 0.25) is 0 Å². The highest BCUT2D eigenvalue weighted by Gasteiger charge is 2.15. The van der Waals surface area contributed by atoms with Crippen LogP contribution in [0.15, 0.2) is 47.6 Å². The largest absolute Gasteiger partial charge is 0.320 e. The first-order chi connectivity index (χ1) is 13.5. The van der Waals surface area contributed by atoms with Gasteiger partial charge in [-0.15, -0.1) is 5.10 Å². The standard InChI is InChI=1S/C18H18N6O3S/c1-12-7-8-14(11-13(12)2)23-18(20-21-22-23)28-10-9-17(25)19-15-5-3-4-6-16(15)24(26)27/h3-8,11H,9-10H2,1-2H3,(H,19,25). The number of para-hydroxylation sites is 2. The molecule has 1 N–H and O–H groups in total. The normalized spacial score (nSPS) is 10.6. The maximum Gasteiger partial charge on any atom is 0.292 e. The summed E-state index contributed by atoms with van der Waals surface area (Å²) in [6, 6.07) is 12.0. The van der Waals surface area contributed by atoms with Gasteiger partial charge >= 0.3 is 0 Å². The van der Waals surface area contributed by atoms with Crippen molar-refractivity contribution in [3.8, 4) is 5.69 Å². The van der Waals surface area contributed by atoms with Gasteiger partial charge in [-0.05, 0) is 53.6 Å². The van der Waals surface area contributed by atoms with Gasteiger partial charge in [0.1, 0.15) is 5.69 Å². The highest BCUT2D eigenvalue weighted by molar-refractivity contribution is 7.99. The first-order valence-corrected chi connectivity index (χ1v) is 9.46. The Hall–Kier alpha value is -3.27. The van der Waals surface area contributed by atoms with E-state index < -0.39 is 4.92 Å². The molecular formula is C18H18N6O3S. The zero-order valence-electron chi connectivity index (χ0n) is 15.3. The molecule has 0 saturated heterocycles. The highest BCUT2D eigenvalue weighted by Crippen LogP contribution is 2.24. The number of carbonyl (C=O) groups excluding carboxylic acids is 1. The fourth-order valence-electron chi connectivity index (χ4n) is 2.47. The molecule has 10 heteroatoms. The molecule has 0 bridgehead atoms. The molecule has 1 amide bonds. The Morgan fingerprint density at radius 2 is 2.00 bits per heavy atom. The molecule has 144 valence electrons. The number of benzene rings is 2. The lowest BCUT2D eigenvalue weighted by Crippen LogP contribution is -2.13. The molecule has 0 aliphatic heterocycles. The van der Waals surface area contributed by atoms with Crippen molar-refractivity contribution in [1.82, 2.24) is 20.2 Å². The monoisotopic (exact) mass is 398 g/mol. The lowest BCUT2D eigenvalue weighted by atomic mass is 10.1. The smallest absolute Gasteiger partial charge is 0.292 e. The predicted octanol–water partition coefficient (Wildman–Crippen LogP) is 3.31. The molecule has 0 aliphatic carbocycles. The van der Waals surface area contributed by atoms with E-state index in [1.165, 1.54) is 29.5 Å². The number of amides is 1. The number of aromatic nitrogens is 4. The second-order valence-electron chi connectivity index (χ2n) is 6.06. The van der Waals surface area contributed by atoms with E-state index in [2.05, 4.69) is 20.8 Å². The summed E-state index contributed by atoms with van der Waals surface area (Å²) in [6.07, 6.45) is 0.163. The number of tetrazole rings is 1. The van der Waals surface area contributed by atoms with E-state index in [-0.39, 0.29) is 23.7 Å². The van der Waals surface area contributed by atoms with Gasteiger partial charge in [-0.2, -0.15) is 4.68 Å². The van der Waals surface area contributed by atoms with Crippen molar-refractivity contribution in [2.75, 3.05) is 11.1 Å². The first-order valence-electron chi connectivity index (χ1n) is 8.48. The summed E-state index contributed by atoms with van der Waals surface area (Å²) in [6.45, 7) is 4.05. The number of nitrogens with zero attached hydrogens (tertiary/aromatic N) is 5. The van der Waals surface area contributed by atoms with Crippen molar-refractivity contribution >= 4 is 29.0 Å². The third kappa shape index (κ3) is 4.52.